The van der Waals surface area contributed by atoms with Crippen LogP contribution in [0.3, 0.4) is 0 Å². The quantitative estimate of drug-likeness (QED) is 0.298. The van der Waals surface area contributed by atoms with Gasteiger partial charge in [0.15, 0.2) is 5.75 Å². The number of hydrogen-bond donors (Lipinski definition) is 1. The molecule has 0 aromatic heterocycles. The number of carboxylic acids is 1. The number of carbonyl (C=O) groups excluding carboxylic acids is 2. The number of nitro benzene ring substituents is 1. The van der Waals surface area contributed by atoms with Crippen LogP contribution in [0, 0.1) is 10.1 Å². The van der Waals surface area contributed by atoms with Crippen LogP contribution in [0.5, 0.6) is 5.75 Å². The maximum Gasteiger partial charge on any atom is 0.323 e. The molecule has 0 bridgehead atoms. The summed E-state index contributed by atoms with van der Waals surface area (Å²) in [6.45, 7) is -0.608. The highest BCUT2D eigenvalue weighted by Gasteiger charge is 2.39. The number of nitro groups is 1. The number of carbonyl (C=O) groups is 3. The summed E-state index contributed by atoms with van der Waals surface area (Å²) >= 11 is 0. The number of nitrogens with zero attached hydrogens (tertiary/aromatic N) is 2. The molecule has 0 spiro atoms. The van der Waals surface area contributed by atoms with E-state index in [1.807, 2.05) is 30.3 Å². The fourth-order valence-corrected chi connectivity index (χ4v) is 3.10. The molecule has 0 atom stereocenters. The van der Waals surface area contributed by atoms with Gasteiger partial charge in [-0.15, -0.1) is 0 Å². The van der Waals surface area contributed by atoms with Crippen molar-refractivity contribution in [2.45, 2.75) is 19.3 Å². The Kier molecular flexibility index (Phi) is 5.87. The van der Waals surface area contributed by atoms with Gasteiger partial charge in [0.2, 0.25) is 0 Å². The Labute approximate surface area is 165 Å². The Balaban J connectivity index is 1.70. The summed E-state index contributed by atoms with van der Waals surface area (Å²) in [5.74, 6) is -3.16. The molecule has 3 rings (SSSR count). The minimum absolute atomic E-state index is 0.0962. The molecule has 9 heteroatoms. The van der Waals surface area contributed by atoms with Crippen LogP contribution in [0.15, 0.2) is 42.5 Å². The van der Waals surface area contributed by atoms with E-state index in [9.17, 15) is 24.5 Å². The van der Waals surface area contributed by atoms with Gasteiger partial charge in [0.05, 0.1) is 22.7 Å². The van der Waals surface area contributed by atoms with Crippen molar-refractivity contribution in [2.75, 3.05) is 13.2 Å². The van der Waals surface area contributed by atoms with Gasteiger partial charge < -0.3 is 9.84 Å². The zero-order valence-corrected chi connectivity index (χ0v) is 15.4. The number of rotatable bonds is 9. The molecule has 0 unspecified atom stereocenters. The third kappa shape index (κ3) is 4.40. The normalized spacial score (nSPS) is 12.8. The number of fused-ring (bicyclic) bond motifs is 1. The first-order valence-corrected chi connectivity index (χ1v) is 8.95. The number of carboxylic acid groups (broad SMARTS) is 1. The van der Waals surface area contributed by atoms with Crippen molar-refractivity contribution in [1.82, 2.24) is 4.90 Å². The molecular formula is C20H18N2O7. The highest BCUT2D eigenvalue weighted by atomic mass is 16.6. The maximum atomic E-state index is 12.3. The van der Waals surface area contributed by atoms with Crippen LogP contribution in [0.25, 0.3) is 0 Å². The van der Waals surface area contributed by atoms with E-state index in [2.05, 4.69) is 0 Å². The van der Waals surface area contributed by atoms with Gasteiger partial charge in [-0.05, 0) is 24.8 Å². The van der Waals surface area contributed by atoms with Gasteiger partial charge in [-0.1, -0.05) is 30.3 Å². The summed E-state index contributed by atoms with van der Waals surface area (Å²) in [6.07, 6.45) is 2.29. The lowest BCUT2D eigenvalue weighted by Crippen LogP contribution is -2.34. The molecule has 2 aromatic rings. The second kappa shape index (κ2) is 8.51. The Hall–Kier alpha value is -3.75. The Bertz CT molecular complexity index is 972. The van der Waals surface area contributed by atoms with Gasteiger partial charge in [0.25, 0.3) is 11.8 Å². The third-order valence-corrected chi connectivity index (χ3v) is 4.50. The van der Waals surface area contributed by atoms with E-state index in [-0.39, 0.29) is 23.5 Å². The summed E-state index contributed by atoms with van der Waals surface area (Å²) in [4.78, 5) is 46.6. The number of imide groups is 1. The Morgan fingerprint density at radius 1 is 1.07 bits per heavy atom. The van der Waals surface area contributed by atoms with Gasteiger partial charge in [0, 0.05) is 12.1 Å². The number of unbranched alkanes of at least 4 members (excludes halogenated alkanes) is 1. The SMILES string of the molecule is O=C(O)CN1C(=O)c2cc(OCCCCc3ccccc3)c([N+](=O)[O-])cc2C1=O. The molecule has 0 saturated heterocycles. The largest absolute Gasteiger partial charge is 0.487 e. The predicted octanol–water partition coefficient (Wildman–Crippen LogP) is 2.68. The molecule has 1 aliphatic rings. The average molecular weight is 398 g/mol. The first kappa shape index (κ1) is 20.0. The lowest BCUT2D eigenvalue weighted by Gasteiger charge is -2.09. The summed E-state index contributed by atoms with van der Waals surface area (Å²) in [6, 6.07) is 12.0. The van der Waals surface area contributed by atoms with Crippen molar-refractivity contribution >= 4 is 23.5 Å². The van der Waals surface area contributed by atoms with Gasteiger partial charge in [-0.2, -0.15) is 0 Å². The van der Waals surface area contributed by atoms with E-state index < -0.39 is 34.9 Å². The van der Waals surface area contributed by atoms with E-state index in [0.29, 0.717) is 11.3 Å². The van der Waals surface area contributed by atoms with Crippen LogP contribution in [0.1, 0.15) is 39.1 Å². The number of aliphatic carboxylic acids is 1. The summed E-state index contributed by atoms with van der Waals surface area (Å²) in [7, 11) is 0. The van der Waals surface area contributed by atoms with Crippen LogP contribution in [0.2, 0.25) is 0 Å². The molecule has 9 nitrogen and oxygen atoms in total. The van der Waals surface area contributed by atoms with Crippen LogP contribution < -0.4 is 4.74 Å². The summed E-state index contributed by atoms with van der Waals surface area (Å²) < 4.78 is 5.52. The van der Waals surface area contributed by atoms with Crippen LogP contribution >= 0.6 is 0 Å². The molecule has 0 aliphatic carbocycles. The molecule has 2 aromatic carbocycles. The second-order valence-electron chi connectivity index (χ2n) is 6.50. The molecule has 0 radical (unpaired) electrons. The molecule has 150 valence electrons. The lowest BCUT2D eigenvalue weighted by molar-refractivity contribution is -0.385. The fourth-order valence-electron chi connectivity index (χ4n) is 3.10. The smallest absolute Gasteiger partial charge is 0.323 e. The monoisotopic (exact) mass is 398 g/mol. The molecule has 0 fully saturated rings. The summed E-state index contributed by atoms with van der Waals surface area (Å²) in [5.41, 5.74) is 0.448. The lowest BCUT2D eigenvalue weighted by atomic mass is 10.1. The molecular weight excluding hydrogens is 380 g/mol. The van der Waals surface area contributed by atoms with E-state index in [0.717, 1.165) is 25.0 Å². The van der Waals surface area contributed by atoms with Crippen molar-refractivity contribution < 1.29 is 29.2 Å². The van der Waals surface area contributed by atoms with E-state index in [1.54, 1.807) is 0 Å². The molecule has 0 saturated carbocycles. The van der Waals surface area contributed by atoms with Crippen molar-refractivity contribution in [3.63, 3.8) is 0 Å². The maximum absolute atomic E-state index is 12.3. The number of amides is 2. The van der Waals surface area contributed by atoms with Crippen molar-refractivity contribution in [3.8, 4) is 5.75 Å². The van der Waals surface area contributed by atoms with Gasteiger partial charge in [0.1, 0.15) is 6.54 Å². The standard InChI is InChI=1S/C20H18N2O7/c23-18(24)12-21-19(25)14-10-16(22(27)28)17(11-15(14)20(21)26)29-9-5-4-8-13-6-2-1-3-7-13/h1-3,6-7,10-11H,4-5,8-9,12H2,(H,23,24). The van der Waals surface area contributed by atoms with Crippen LogP contribution in [-0.4, -0.2) is 45.9 Å². The van der Waals surface area contributed by atoms with Crippen molar-refractivity contribution in [3.05, 3.63) is 69.3 Å². The molecule has 1 heterocycles. The van der Waals surface area contributed by atoms with E-state index in [1.165, 1.54) is 5.56 Å². The molecule has 1 N–H and O–H groups in total. The first-order valence-electron chi connectivity index (χ1n) is 8.95. The second-order valence-corrected chi connectivity index (χ2v) is 6.50. The number of benzene rings is 2. The third-order valence-electron chi connectivity index (χ3n) is 4.50. The zero-order chi connectivity index (χ0) is 21.0. The number of aryl methyl sites for hydroxylation is 1. The minimum Gasteiger partial charge on any atom is -0.487 e. The van der Waals surface area contributed by atoms with Crippen LogP contribution in [0.4, 0.5) is 5.69 Å². The molecule has 2 amide bonds. The highest BCUT2D eigenvalue weighted by Crippen LogP contribution is 2.35. The fraction of sp³-hybridized carbons (Fsp3) is 0.250. The van der Waals surface area contributed by atoms with E-state index in [4.69, 9.17) is 9.84 Å². The first-order chi connectivity index (χ1) is 13.9. The summed E-state index contributed by atoms with van der Waals surface area (Å²) in [5, 5.41) is 20.2. The van der Waals surface area contributed by atoms with E-state index >= 15 is 0 Å². The zero-order valence-electron chi connectivity index (χ0n) is 15.4. The Morgan fingerprint density at radius 3 is 2.34 bits per heavy atom. The van der Waals surface area contributed by atoms with Gasteiger partial charge in [-0.25, -0.2) is 0 Å². The van der Waals surface area contributed by atoms with Gasteiger partial charge >= 0.3 is 11.7 Å². The van der Waals surface area contributed by atoms with Crippen molar-refractivity contribution in [2.24, 2.45) is 0 Å². The number of hydrogen-bond acceptors (Lipinski definition) is 6. The van der Waals surface area contributed by atoms with Crippen LogP contribution in [-0.2, 0) is 11.2 Å². The topological polar surface area (TPSA) is 127 Å². The predicted molar refractivity (Wildman–Crippen MR) is 101 cm³/mol. The highest BCUT2D eigenvalue weighted by molar-refractivity contribution is 6.22. The van der Waals surface area contributed by atoms with Gasteiger partial charge in [-0.3, -0.25) is 29.4 Å². The number of ether oxygens (including phenoxy) is 1. The molecule has 29 heavy (non-hydrogen) atoms. The minimum atomic E-state index is -1.36. The average Bonchev–Trinajstić information content (AvgIpc) is 2.92. The molecule has 1 aliphatic heterocycles. The Morgan fingerprint density at radius 2 is 1.72 bits per heavy atom. The van der Waals surface area contributed by atoms with Crippen molar-refractivity contribution in [1.29, 1.82) is 0 Å².